The van der Waals surface area contributed by atoms with Crippen LogP contribution < -0.4 is 10.1 Å². The molecular formula is C17H23N3O5S. The van der Waals surface area contributed by atoms with Crippen molar-refractivity contribution in [2.24, 2.45) is 0 Å². The van der Waals surface area contributed by atoms with E-state index < -0.39 is 17.4 Å². The predicted molar refractivity (Wildman–Crippen MR) is 97.8 cm³/mol. The standard InChI is InChI=1S/C17H23N3O5S/c1-6-7-17(3,16(22)23)20-13(21)12-9(2)11-14(25-5)18-10(8-24-4)19-15(11)26-12/h6-8H2,1-5H3,(H,20,21)(H,22,23). The molecule has 0 spiro atoms. The number of nitrogens with zero attached hydrogens (tertiary/aromatic N) is 2. The highest BCUT2D eigenvalue weighted by Gasteiger charge is 2.35. The Balaban J connectivity index is 2.48. The number of aryl methyl sites for hydroxylation is 1. The van der Waals surface area contributed by atoms with Crippen LogP contribution in [0.1, 0.15) is 47.7 Å². The number of ether oxygens (including phenoxy) is 2. The molecule has 0 aliphatic rings. The quantitative estimate of drug-likeness (QED) is 0.723. The van der Waals surface area contributed by atoms with E-state index >= 15 is 0 Å². The second-order valence-corrected chi connectivity index (χ2v) is 7.16. The van der Waals surface area contributed by atoms with Gasteiger partial charge in [-0.3, -0.25) is 4.79 Å². The van der Waals surface area contributed by atoms with Gasteiger partial charge in [-0.15, -0.1) is 11.3 Å². The van der Waals surface area contributed by atoms with Gasteiger partial charge >= 0.3 is 5.97 Å². The number of hydrogen-bond acceptors (Lipinski definition) is 7. The van der Waals surface area contributed by atoms with Gasteiger partial charge in [0.25, 0.3) is 5.91 Å². The summed E-state index contributed by atoms with van der Waals surface area (Å²) in [5.74, 6) is -0.693. The molecule has 2 rings (SSSR count). The summed E-state index contributed by atoms with van der Waals surface area (Å²) in [4.78, 5) is 34.0. The van der Waals surface area contributed by atoms with Crippen molar-refractivity contribution in [2.45, 2.75) is 45.8 Å². The molecule has 8 nitrogen and oxygen atoms in total. The molecule has 0 fully saturated rings. The number of fused-ring (bicyclic) bond motifs is 1. The Bertz CT molecular complexity index is 835. The lowest BCUT2D eigenvalue weighted by Crippen LogP contribution is -2.52. The van der Waals surface area contributed by atoms with E-state index in [0.717, 1.165) is 0 Å². The van der Waals surface area contributed by atoms with Crippen molar-refractivity contribution in [3.63, 3.8) is 0 Å². The summed E-state index contributed by atoms with van der Waals surface area (Å²) in [6.45, 7) is 5.37. The van der Waals surface area contributed by atoms with Crippen LogP contribution >= 0.6 is 11.3 Å². The zero-order valence-electron chi connectivity index (χ0n) is 15.5. The fourth-order valence-corrected chi connectivity index (χ4v) is 3.82. The van der Waals surface area contributed by atoms with E-state index in [0.29, 0.717) is 45.2 Å². The number of amides is 1. The molecule has 1 unspecified atom stereocenters. The van der Waals surface area contributed by atoms with Crippen molar-refractivity contribution in [2.75, 3.05) is 14.2 Å². The molecule has 0 aliphatic carbocycles. The molecule has 9 heteroatoms. The normalized spacial score (nSPS) is 13.4. The van der Waals surface area contributed by atoms with Crippen LogP contribution in [0.4, 0.5) is 0 Å². The number of aliphatic carboxylic acids is 1. The van der Waals surface area contributed by atoms with Gasteiger partial charge in [-0.2, -0.15) is 4.98 Å². The van der Waals surface area contributed by atoms with Crippen LogP contribution in [-0.2, 0) is 16.1 Å². The minimum absolute atomic E-state index is 0.221. The zero-order chi connectivity index (χ0) is 19.5. The Morgan fingerprint density at radius 1 is 1.31 bits per heavy atom. The van der Waals surface area contributed by atoms with Crippen molar-refractivity contribution in [3.8, 4) is 5.88 Å². The Morgan fingerprint density at radius 2 is 2.00 bits per heavy atom. The van der Waals surface area contributed by atoms with Crippen LogP contribution in [0.15, 0.2) is 0 Å². The van der Waals surface area contributed by atoms with Crippen LogP contribution in [0.3, 0.4) is 0 Å². The maximum absolute atomic E-state index is 12.8. The summed E-state index contributed by atoms with van der Waals surface area (Å²) in [6, 6.07) is 0. The van der Waals surface area contributed by atoms with E-state index in [1.807, 2.05) is 6.92 Å². The number of carboxylic acid groups (broad SMARTS) is 1. The largest absolute Gasteiger partial charge is 0.480 e. The summed E-state index contributed by atoms with van der Waals surface area (Å²) in [7, 11) is 3.04. The van der Waals surface area contributed by atoms with Gasteiger partial charge < -0.3 is 19.9 Å². The molecule has 142 valence electrons. The van der Waals surface area contributed by atoms with Gasteiger partial charge in [0, 0.05) is 7.11 Å². The third-order valence-electron chi connectivity index (χ3n) is 4.09. The van der Waals surface area contributed by atoms with E-state index in [2.05, 4.69) is 15.3 Å². The molecule has 0 aromatic carbocycles. The molecule has 1 amide bonds. The van der Waals surface area contributed by atoms with Crippen molar-refractivity contribution >= 4 is 33.4 Å². The Kier molecular flexibility index (Phi) is 6.14. The van der Waals surface area contributed by atoms with E-state index in [1.165, 1.54) is 25.4 Å². The molecule has 0 saturated carbocycles. The molecule has 1 atom stereocenters. The lowest BCUT2D eigenvalue weighted by molar-refractivity contribution is -0.144. The number of carboxylic acids is 1. The molecule has 2 aromatic heterocycles. The summed E-state index contributed by atoms with van der Waals surface area (Å²) in [5.41, 5.74) is -0.668. The molecule has 2 heterocycles. The first-order chi connectivity index (χ1) is 12.3. The Hall–Kier alpha value is -2.26. The number of carbonyl (C=O) groups excluding carboxylic acids is 1. The van der Waals surface area contributed by atoms with E-state index in [9.17, 15) is 14.7 Å². The molecule has 0 aliphatic heterocycles. The van der Waals surface area contributed by atoms with Gasteiger partial charge in [0.2, 0.25) is 5.88 Å². The van der Waals surface area contributed by atoms with Crippen molar-refractivity contribution < 1.29 is 24.2 Å². The highest BCUT2D eigenvalue weighted by atomic mass is 32.1. The second kappa shape index (κ2) is 7.96. The van der Waals surface area contributed by atoms with Crippen molar-refractivity contribution in [1.29, 1.82) is 0 Å². The minimum atomic E-state index is -1.33. The van der Waals surface area contributed by atoms with Crippen molar-refractivity contribution in [3.05, 3.63) is 16.3 Å². The molecule has 0 saturated heterocycles. The average molecular weight is 381 g/mol. The lowest BCUT2D eigenvalue weighted by Gasteiger charge is -2.25. The first kappa shape index (κ1) is 20.1. The van der Waals surface area contributed by atoms with Gasteiger partial charge in [0.05, 0.1) is 17.4 Å². The molecular weight excluding hydrogens is 358 g/mol. The maximum Gasteiger partial charge on any atom is 0.329 e. The predicted octanol–water partition coefficient (Wildman–Crippen LogP) is 2.53. The summed E-state index contributed by atoms with van der Waals surface area (Å²) in [6.07, 6.45) is 0.966. The number of aromatic nitrogens is 2. The fourth-order valence-electron chi connectivity index (χ4n) is 2.73. The molecule has 2 N–H and O–H groups in total. The number of thiophene rings is 1. The van der Waals surface area contributed by atoms with Crippen LogP contribution in [-0.4, -0.2) is 46.7 Å². The SMILES string of the molecule is CCCC(C)(NC(=O)c1sc2nc(COC)nc(OC)c2c1C)C(=O)O. The summed E-state index contributed by atoms with van der Waals surface area (Å²) < 4.78 is 10.4. The van der Waals surface area contributed by atoms with Gasteiger partial charge in [-0.05, 0) is 25.8 Å². The van der Waals surface area contributed by atoms with Crippen LogP contribution in [0.25, 0.3) is 10.2 Å². The van der Waals surface area contributed by atoms with Crippen LogP contribution in [0, 0.1) is 6.92 Å². The monoisotopic (exact) mass is 381 g/mol. The maximum atomic E-state index is 12.8. The van der Waals surface area contributed by atoms with Gasteiger partial charge in [0.15, 0.2) is 5.82 Å². The van der Waals surface area contributed by atoms with Crippen LogP contribution in [0.5, 0.6) is 5.88 Å². The number of carbonyl (C=O) groups is 2. The van der Waals surface area contributed by atoms with Gasteiger partial charge in [0.1, 0.15) is 17.0 Å². The van der Waals surface area contributed by atoms with Gasteiger partial charge in [-0.25, -0.2) is 9.78 Å². The topological polar surface area (TPSA) is 111 Å². The van der Waals surface area contributed by atoms with E-state index in [4.69, 9.17) is 9.47 Å². The Labute approximate surface area is 155 Å². The fraction of sp³-hybridized carbons (Fsp3) is 0.529. The first-order valence-electron chi connectivity index (χ1n) is 8.16. The number of methoxy groups -OCH3 is 2. The zero-order valence-corrected chi connectivity index (χ0v) is 16.3. The molecule has 26 heavy (non-hydrogen) atoms. The smallest absolute Gasteiger partial charge is 0.329 e. The Morgan fingerprint density at radius 3 is 2.54 bits per heavy atom. The highest BCUT2D eigenvalue weighted by molar-refractivity contribution is 7.20. The van der Waals surface area contributed by atoms with Crippen molar-refractivity contribution in [1.82, 2.24) is 15.3 Å². The number of hydrogen-bond donors (Lipinski definition) is 2. The third-order valence-corrected chi connectivity index (χ3v) is 5.27. The van der Waals surface area contributed by atoms with Gasteiger partial charge in [-0.1, -0.05) is 13.3 Å². The number of rotatable bonds is 8. The summed E-state index contributed by atoms with van der Waals surface area (Å²) in [5, 5.41) is 12.8. The average Bonchev–Trinajstić information content (AvgIpc) is 2.91. The summed E-state index contributed by atoms with van der Waals surface area (Å²) >= 11 is 1.18. The highest BCUT2D eigenvalue weighted by Crippen LogP contribution is 2.35. The molecule has 0 radical (unpaired) electrons. The third kappa shape index (κ3) is 3.78. The minimum Gasteiger partial charge on any atom is -0.480 e. The first-order valence-corrected chi connectivity index (χ1v) is 8.97. The van der Waals surface area contributed by atoms with E-state index in [-0.39, 0.29) is 6.61 Å². The molecule has 0 bridgehead atoms. The second-order valence-electron chi connectivity index (χ2n) is 6.16. The lowest BCUT2D eigenvalue weighted by atomic mass is 9.96. The van der Waals surface area contributed by atoms with E-state index in [1.54, 1.807) is 14.0 Å². The van der Waals surface area contributed by atoms with Crippen LogP contribution in [0.2, 0.25) is 0 Å². The molecule has 2 aromatic rings. The number of nitrogens with one attached hydrogen (secondary N) is 1.